The minimum atomic E-state index is -0.574. The van der Waals surface area contributed by atoms with Crippen molar-refractivity contribution in [2.75, 3.05) is 24.5 Å². The van der Waals surface area contributed by atoms with Crippen LogP contribution in [0.4, 0.5) is 11.5 Å². The lowest BCUT2D eigenvalue weighted by Gasteiger charge is -2.32. The summed E-state index contributed by atoms with van der Waals surface area (Å²) in [5.41, 5.74) is 2.86. The SMILES string of the molecule is O=C(c1ccc(Cl)c([N+](=O)[O-])c1)N1CCc2nc(-c3ccccc3)nc(N3CCCC3)c2C1. The number of nitro groups is 1. The van der Waals surface area contributed by atoms with Gasteiger partial charge in [0, 0.05) is 48.8 Å². The Morgan fingerprint density at radius 3 is 2.52 bits per heavy atom. The summed E-state index contributed by atoms with van der Waals surface area (Å²) in [6.07, 6.45) is 2.81. The number of fused-ring (bicyclic) bond motifs is 1. The Labute approximate surface area is 196 Å². The Balaban J connectivity index is 1.50. The number of halogens is 1. The zero-order valence-corrected chi connectivity index (χ0v) is 18.7. The van der Waals surface area contributed by atoms with Crippen LogP contribution in [0.2, 0.25) is 5.02 Å². The largest absolute Gasteiger partial charge is 0.356 e. The first-order valence-corrected chi connectivity index (χ1v) is 11.3. The van der Waals surface area contributed by atoms with Crippen LogP contribution in [0.1, 0.15) is 34.5 Å². The summed E-state index contributed by atoms with van der Waals surface area (Å²) in [6.45, 7) is 2.70. The van der Waals surface area contributed by atoms with Gasteiger partial charge in [-0.3, -0.25) is 14.9 Å². The Morgan fingerprint density at radius 2 is 1.79 bits per heavy atom. The van der Waals surface area contributed by atoms with Crippen molar-refractivity contribution in [3.63, 3.8) is 0 Å². The molecule has 0 aliphatic carbocycles. The molecule has 2 aliphatic heterocycles. The first-order valence-electron chi connectivity index (χ1n) is 10.9. The van der Waals surface area contributed by atoms with E-state index in [0.29, 0.717) is 25.3 Å². The van der Waals surface area contributed by atoms with Gasteiger partial charge in [-0.15, -0.1) is 0 Å². The van der Waals surface area contributed by atoms with Crippen LogP contribution in [0.3, 0.4) is 0 Å². The summed E-state index contributed by atoms with van der Waals surface area (Å²) in [5.74, 6) is 1.32. The monoisotopic (exact) mass is 463 g/mol. The molecule has 3 aromatic rings. The fourth-order valence-electron chi connectivity index (χ4n) is 4.45. The van der Waals surface area contributed by atoms with Crippen molar-refractivity contribution in [2.24, 2.45) is 0 Å². The molecular weight excluding hydrogens is 442 g/mol. The lowest BCUT2D eigenvalue weighted by Crippen LogP contribution is -2.38. The average Bonchev–Trinajstić information content (AvgIpc) is 3.38. The highest BCUT2D eigenvalue weighted by molar-refractivity contribution is 6.32. The molecule has 0 spiro atoms. The molecule has 9 heteroatoms. The van der Waals surface area contributed by atoms with Crippen LogP contribution in [0.25, 0.3) is 11.4 Å². The lowest BCUT2D eigenvalue weighted by molar-refractivity contribution is -0.384. The van der Waals surface area contributed by atoms with Gasteiger partial charge in [0.1, 0.15) is 10.8 Å². The Bertz CT molecular complexity index is 1230. The Kier molecular flexibility index (Phi) is 5.68. The number of amides is 1. The quantitative estimate of drug-likeness (QED) is 0.417. The van der Waals surface area contributed by atoms with E-state index >= 15 is 0 Å². The third-order valence-corrected chi connectivity index (χ3v) is 6.47. The molecule has 168 valence electrons. The van der Waals surface area contributed by atoms with Crippen molar-refractivity contribution in [2.45, 2.75) is 25.8 Å². The van der Waals surface area contributed by atoms with Gasteiger partial charge in [0.2, 0.25) is 0 Å². The van der Waals surface area contributed by atoms with Crippen LogP contribution < -0.4 is 4.90 Å². The molecule has 0 saturated carbocycles. The highest BCUT2D eigenvalue weighted by atomic mass is 35.5. The number of rotatable bonds is 4. The van der Waals surface area contributed by atoms with E-state index in [1.807, 2.05) is 30.3 Å². The maximum atomic E-state index is 13.2. The van der Waals surface area contributed by atoms with Gasteiger partial charge in [-0.1, -0.05) is 41.9 Å². The van der Waals surface area contributed by atoms with Crippen LogP contribution in [-0.4, -0.2) is 45.3 Å². The molecular formula is C24H22ClN5O3. The second kappa shape index (κ2) is 8.78. The Morgan fingerprint density at radius 1 is 1.03 bits per heavy atom. The molecule has 0 atom stereocenters. The molecule has 2 aromatic carbocycles. The number of hydrogen-bond acceptors (Lipinski definition) is 6. The van der Waals surface area contributed by atoms with E-state index in [2.05, 4.69) is 4.90 Å². The summed E-state index contributed by atoms with van der Waals surface area (Å²) >= 11 is 5.92. The van der Waals surface area contributed by atoms with Crippen molar-refractivity contribution in [1.82, 2.24) is 14.9 Å². The van der Waals surface area contributed by atoms with Crippen molar-refractivity contribution in [3.05, 3.63) is 80.5 Å². The molecule has 0 N–H and O–H groups in total. The lowest BCUT2D eigenvalue weighted by atomic mass is 10.0. The van der Waals surface area contributed by atoms with Gasteiger partial charge in [0.05, 0.1) is 17.2 Å². The summed E-state index contributed by atoms with van der Waals surface area (Å²) in [7, 11) is 0. The number of hydrogen-bond donors (Lipinski definition) is 0. The summed E-state index contributed by atoms with van der Waals surface area (Å²) < 4.78 is 0. The van der Waals surface area contributed by atoms with E-state index in [4.69, 9.17) is 21.6 Å². The molecule has 2 aliphatic rings. The molecule has 3 heterocycles. The topological polar surface area (TPSA) is 92.5 Å². The molecule has 1 fully saturated rings. The maximum Gasteiger partial charge on any atom is 0.288 e. The fourth-order valence-corrected chi connectivity index (χ4v) is 4.63. The van der Waals surface area contributed by atoms with Crippen LogP contribution in [0.5, 0.6) is 0 Å². The van der Waals surface area contributed by atoms with Gasteiger partial charge in [-0.2, -0.15) is 0 Å². The standard InChI is InChI=1S/C24H22ClN5O3/c25-19-9-8-17(14-21(19)30(32)33)24(31)29-13-10-20-18(15-29)23(28-11-4-5-12-28)27-22(26-20)16-6-2-1-3-7-16/h1-3,6-9,14H,4-5,10-13,15H2. The van der Waals surface area contributed by atoms with Gasteiger partial charge < -0.3 is 9.80 Å². The van der Waals surface area contributed by atoms with Gasteiger partial charge in [0.25, 0.3) is 11.6 Å². The molecule has 5 rings (SSSR count). The van der Waals surface area contributed by atoms with Crippen LogP contribution >= 0.6 is 11.6 Å². The maximum absolute atomic E-state index is 13.2. The second-order valence-electron chi connectivity index (χ2n) is 8.26. The van der Waals surface area contributed by atoms with Gasteiger partial charge in [0.15, 0.2) is 5.82 Å². The molecule has 0 bridgehead atoms. The molecule has 1 amide bonds. The third kappa shape index (κ3) is 4.14. The number of nitrogens with zero attached hydrogens (tertiary/aromatic N) is 5. The van der Waals surface area contributed by atoms with Crippen molar-refractivity contribution < 1.29 is 9.72 Å². The molecule has 0 radical (unpaired) electrons. The Hall–Kier alpha value is -3.52. The second-order valence-corrected chi connectivity index (χ2v) is 8.66. The van der Waals surface area contributed by atoms with E-state index < -0.39 is 4.92 Å². The number of benzene rings is 2. The molecule has 33 heavy (non-hydrogen) atoms. The number of anilines is 1. The van der Waals surface area contributed by atoms with E-state index in [1.165, 1.54) is 18.2 Å². The van der Waals surface area contributed by atoms with Crippen molar-refractivity contribution >= 4 is 29.0 Å². The summed E-state index contributed by atoms with van der Waals surface area (Å²) in [5, 5.41) is 11.3. The normalized spacial score (nSPS) is 15.4. The summed E-state index contributed by atoms with van der Waals surface area (Å²) in [4.78, 5) is 37.7. The minimum Gasteiger partial charge on any atom is -0.356 e. The number of carbonyl (C=O) groups is 1. The van der Waals surface area contributed by atoms with Gasteiger partial charge >= 0.3 is 0 Å². The molecule has 1 saturated heterocycles. The van der Waals surface area contributed by atoms with E-state index in [-0.39, 0.29) is 22.2 Å². The van der Waals surface area contributed by atoms with Crippen molar-refractivity contribution in [3.8, 4) is 11.4 Å². The van der Waals surface area contributed by atoms with Crippen LogP contribution in [0, 0.1) is 10.1 Å². The zero-order chi connectivity index (χ0) is 22.9. The minimum absolute atomic E-state index is 0.0127. The zero-order valence-electron chi connectivity index (χ0n) is 17.9. The third-order valence-electron chi connectivity index (χ3n) is 6.15. The average molecular weight is 464 g/mol. The smallest absolute Gasteiger partial charge is 0.288 e. The van der Waals surface area contributed by atoms with Gasteiger partial charge in [-0.25, -0.2) is 9.97 Å². The highest BCUT2D eigenvalue weighted by Gasteiger charge is 2.30. The van der Waals surface area contributed by atoms with E-state index in [9.17, 15) is 14.9 Å². The summed E-state index contributed by atoms with van der Waals surface area (Å²) in [6, 6.07) is 14.1. The highest BCUT2D eigenvalue weighted by Crippen LogP contribution is 2.32. The first-order chi connectivity index (χ1) is 16.0. The molecule has 1 aromatic heterocycles. The number of aromatic nitrogens is 2. The predicted molar refractivity (Wildman–Crippen MR) is 125 cm³/mol. The van der Waals surface area contributed by atoms with Gasteiger partial charge in [-0.05, 0) is 25.0 Å². The number of carbonyl (C=O) groups excluding carboxylic acids is 1. The van der Waals surface area contributed by atoms with Crippen LogP contribution in [0.15, 0.2) is 48.5 Å². The first kappa shape index (κ1) is 21.3. The van der Waals surface area contributed by atoms with E-state index in [1.54, 1.807) is 4.90 Å². The molecule has 8 nitrogen and oxygen atoms in total. The number of nitro benzene ring substituents is 1. The van der Waals surface area contributed by atoms with Crippen LogP contribution in [-0.2, 0) is 13.0 Å². The fraction of sp³-hybridized carbons (Fsp3) is 0.292. The van der Waals surface area contributed by atoms with E-state index in [0.717, 1.165) is 48.6 Å². The predicted octanol–water partition coefficient (Wildman–Crippen LogP) is 4.50. The van der Waals surface area contributed by atoms with Crippen molar-refractivity contribution in [1.29, 1.82) is 0 Å². The molecule has 0 unspecified atom stereocenters.